The number of aliphatic hydroxyl groups excluding tert-OH is 1. The Balaban J connectivity index is 2.12. The van der Waals surface area contributed by atoms with Crippen LogP contribution in [-0.2, 0) is 0 Å². The first-order valence-corrected chi connectivity index (χ1v) is 8.39. The lowest BCUT2D eigenvalue weighted by Crippen LogP contribution is -2.22. The fourth-order valence-corrected chi connectivity index (χ4v) is 3.10. The van der Waals surface area contributed by atoms with Gasteiger partial charge in [-0.15, -0.1) is 0 Å². The topological polar surface area (TPSA) is 64.3 Å². The average molecular weight is 364 g/mol. The number of aromatic nitrogens is 2. The largest absolute Gasteiger partial charge is 0.435 e. The van der Waals surface area contributed by atoms with Gasteiger partial charge in [0.1, 0.15) is 5.75 Å². The number of hydrogen-bond donors (Lipinski definition) is 1. The first-order chi connectivity index (χ1) is 12.1. The SMILES string of the molecule is O=c1c2ccccc2nc(SCCO)n1-c1ccc(OC(F)F)cc1. The van der Waals surface area contributed by atoms with Crippen LogP contribution in [0.1, 0.15) is 0 Å². The minimum atomic E-state index is -2.91. The quantitative estimate of drug-likeness (QED) is 0.538. The minimum Gasteiger partial charge on any atom is -0.435 e. The Bertz CT molecular complexity index is 929. The molecule has 0 fully saturated rings. The van der Waals surface area contributed by atoms with E-state index < -0.39 is 6.61 Å². The van der Waals surface area contributed by atoms with E-state index >= 15 is 0 Å². The molecule has 3 aromatic rings. The average Bonchev–Trinajstić information content (AvgIpc) is 2.60. The van der Waals surface area contributed by atoms with E-state index in [1.165, 1.54) is 40.6 Å². The Morgan fingerprint density at radius 3 is 2.56 bits per heavy atom. The molecule has 0 unspecified atom stereocenters. The fraction of sp³-hybridized carbons (Fsp3) is 0.176. The number of hydrogen-bond acceptors (Lipinski definition) is 5. The van der Waals surface area contributed by atoms with Crippen LogP contribution in [0, 0.1) is 0 Å². The number of para-hydroxylation sites is 1. The van der Waals surface area contributed by atoms with Crippen molar-refractivity contribution in [3.63, 3.8) is 0 Å². The molecule has 0 amide bonds. The monoisotopic (exact) mass is 364 g/mol. The molecule has 1 aromatic heterocycles. The molecule has 0 atom stereocenters. The molecular formula is C17H14F2N2O3S. The number of fused-ring (bicyclic) bond motifs is 1. The van der Waals surface area contributed by atoms with Crippen molar-refractivity contribution in [2.75, 3.05) is 12.4 Å². The lowest BCUT2D eigenvalue weighted by atomic mass is 10.2. The third-order valence-corrected chi connectivity index (χ3v) is 4.31. The first kappa shape index (κ1) is 17.4. The summed E-state index contributed by atoms with van der Waals surface area (Å²) in [5.74, 6) is 0.377. The van der Waals surface area contributed by atoms with Crippen LogP contribution in [0.25, 0.3) is 16.6 Å². The smallest absolute Gasteiger partial charge is 0.387 e. The summed E-state index contributed by atoms with van der Waals surface area (Å²) in [7, 11) is 0. The van der Waals surface area contributed by atoms with E-state index in [1.54, 1.807) is 24.3 Å². The Labute approximate surface area is 145 Å². The second-order valence-electron chi connectivity index (χ2n) is 5.00. The number of rotatable bonds is 6. The van der Waals surface area contributed by atoms with Gasteiger partial charge in [0.05, 0.1) is 23.2 Å². The van der Waals surface area contributed by atoms with Gasteiger partial charge >= 0.3 is 6.61 Å². The van der Waals surface area contributed by atoms with Gasteiger partial charge in [-0.05, 0) is 36.4 Å². The highest BCUT2D eigenvalue weighted by atomic mass is 32.2. The number of halogens is 2. The molecule has 0 bridgehead atoms. The molecule has 8 heteroatoms. The summed E-state index contributed by atoms with van der Waals surface area (Å²) in [5.41, 5.74) is 0.765. The van der Waals surface area contributed by atoms with E-state index in [0.717, 1.165) is 0 Å². The summed E-state index contributed by atoms with van der Waals surface area (Å²) < 4.78 is 30.3. The second kappa shape index (κ2) is 7.62. The van der Waals surface area contributed by atoms with Gasteiger partial charge in [-0.25, -0.2) is 4.98 Å². The van der Waals surface area contributed by atoms with Gasteiger partial charge in [-0.3, -0.25) is 9.36 Å². The van der Waals surface area contributed by atoms with Gasteiger partial charge in [0.25, 0.3) is 5.56 Å². The standard InChI is InChI=1S/C17H14F2N2O3S/c18-16(19)24-12-7-5-11(6-8-12)21-15(23)13-3-1-2-4-14(13)20-17(21)25-10-9-22/h1-8,16,22H,9-10H2. The number of benzene rings is 2. The van der Waals surface area contributed by atoms with E-state index in [4.69, 9.17) is 5.11 Å². The molecule has 0 aliphatic rings. The number of ether oxygens (including phenoxy) is 1. The molecule has 25 heavy (non-hydrogen) atoms. The molecule has 3 rings (SSSR count). The Hall–Kier alpha value is -2.45. The molecule has 130 valence electrons. The van der Waals surface area contributed by atoms with E-state index in [-0.39, 0.29) is 17.9 Å². The maximum atomic E-state index is 12.9. The first-order valence-electron chi connectivity index (χ1n) is 7.41. The van der Waals surface area contributed by atoms with Crippen LogP contribution in [0.2, 0.25) is 0 Å². The number of alkyl halides is 2. The maximum Gasteiger partial charge on any atom is 0.387 e. The van der Waals surface area contributed by atoms with Crippen LogP contribution >= 0.6 is 11.8 Å². The third kappa shape index (κ3) is 3.80. The summed E-state index contributed by atoms with van der Waals surface area (Å²) in [5, 5.41) is 9.93. The second-order valence-corrected chi connectivity index (χ2v) is 6.06. The lowest BCUT2D eigenvalue weighted by Gasteiger charge is -2.13. The summed E-state index contributed by atoms with van der Waals surface area (Å²) >= 11 is 1.24. The van der Waals surface area contributed by atoms with Crippen molar-refractivity contribution in [3.05, 3.63) is 58.9 Å². The minimum absolute atomic E-state index is 0.00473. The van der Waals surface area contributed by atoms with Crippen molar-refractivity contribution in [2.24, 2.45) is 0 Å². The van der Waals surface area contributed by atoms with Crippen molar-refractivity contribution in [2.45, 2.75) is 11.8 Å². The molecule has 2 aromatic carbocycles. The molecule has 0 saturated carbocycles. The van der Waals surface area contributed by atoms with E-state index in [1.807, 2.05) is 0 Å². The zero-order valence-corrected chi connectivity index (χ0v) is 13.7. The molecule has 0 saturated heterocycles. The predicted molar refractivity (Wildman–Crippen MR) is 91.8 cm³/mol. The number of nitrogens with zero attached hydrogens (tertiary/aromatic N) is 2. The van der Waals surface area contributed by atoms with E-state index in [2.05, 4.69) is 9.72 Å². The summed E-state index contributed by atoms with van der Waals surface area (Å²) in [6.07, 6.45) is 0. The summed E-state index contributed by atoms with van der Waals surface area (Å²) in [4.78, 5) is 17.4. The molecule has 0 aliphatic heterocycles. The van der Waals surface area contributed by atoms with Crippen LogP contribution in [0.15, 0.2) is 58.5 Å². The van der Waals surface area contributed by atoms with Gasteiger partial charge in [-0.2, -0.15) is 8.78 Å². The molecule has 0 radical (unpaired) electrons. The molecule has 0 aliphatic carbocycles. The van der Waals surface area contributed by atoms with Crippen molar-refractivity contribution in [3.8, 4) is 11.4 Å². The summed E-state index contributed by atoms with van der Waals surface area (Å²) in [6.45, 7) is -2.97. The van der Waals surface area contributed by atoms with E-state index in [0.29, 0.717) is 27.5 Å². The van der Waals surface area contributed by atoms with Gasteiger partial charge in [0.2, 0.25) is 0 Å². The normalized spacial score (nSPS) is 11.2. The zero-order chi connectivity index (χ0) is 17.8. The van der Waals surface area contributed by atoms with Crippen LogP contribution in [0.3, 0.4) is 0 Å². The van der Waals surface area contributed by atoms with Crippen LogP contribution in [0.4, 0.5) is 8.78 Å². The highest BCUT2D eigenvalue weighted by Gasteiger charge is 2.13. The third-order valence-electron chi connectivity index (χ3n) is 3.39. The van der Waals surface area contributed by atoms with Crippen LogP contribution in [0.5, 0.6) is 5.75 Å². The van der Waals surface area contributed by atoms with Crippen molar-refractivity contribution in [1.29, 1.82) is 0 Å². The van der Waals surface area contributed by atoms with Crippen LogP contribution < -0.4 is 10.3 Å². The van der Waals surface area contributed by atoms with Crippen molar-refractivity contribution in [1.82, 2.24) is 9.55 Å². The molecule has 1 N–H and O–H groups in total. The highest BCUT2D eigenvalue weighted by Crippen LogP contribution is 2.23. The maximum absolute atomic E-state index is 12.9. The Morgan fingerprint density at radius 2 is 1.88 bits per heavy atom. The van der Waals surface area contributed by atoms with E-state index in [9.17, 15) is 13.6 Å². The lowest BCUT2D eigenvalue weighted by molar-refractivity contribution is -0.0498. The summed E-state index contributed by atoms with van der Waals surface area (Å²) in [6, 6.07) is 12.7. The molecule has 1 heterocycles. The Morgan fingerprint density at radius 1 is 1.16 bits per heavy atom. The number of aliphatic hydroxyl groups is 1. The Kier molecular flexibility index (Phi) is 5.30. The molecule has 0 spiro atoms. The van der Waals surface area contributed by atoms with Gasteiger partial charge in [-0.1, -0.05) is 23.9 Å². The van der Waals surface area contributed by atoms with Gasteiger partial charge in [0.15, 0.2) is 5.16 Å². The van der Waals surface area contributed by atoms with Gasteiger partial charge in [0, 0.05) is 5.75 Å². The van der Waals surface area contributed by atoms with Crippen molar-refractivity contribution < 1.29 is 18.6 Å². The van der Waals surface area contributed by atoms with Crippen LogP contribution in [-0.4, -0.2) is 33.6 Å². The molecular weight excluding hydrogens is 350 g/mol. The van der Waals surface area contributed by atoms with Crippen molar-refractivity contribution >= 4 is 22.7 Å². The zero-order valence-electron chi connectivity index (χ0n) is 12.9. The number of thioether (sulfide) groups is 1. The fourth-order valence-electron chi connectivity index (χ4n) is 2.35. The molecule has 5 nitrogen and oxygen atoms in total. The highest BCUT2D eigenvalue weighted by molar-refractivity contribution is 7.99. The predicted octanol–water partition coefficient (Wildman–Crippen LogP) is 3.07. The van der Waals surface area contributed by atoms with Gasteiger partial charge < -0.3 is 9.84 Å².